The highest BCUT2D eigenvalue weighted by Gasteiger charge is 2.32. The van der Waals surface area contributed by atoms with E-state index in [1.54, 1.807) is 23.7 Å². The molecule has 1 aliphatic rings. The molecule has 2 rings (SSSR count). The molecule has 134 valence electrons. The molecular formula is C16H26N4O4. The number of likely N-dealkylation sites (N-methyl/N-ethyl adjacent to an activating group) is 1. The van der Waals surface area contributed by atoms with Gasteiger partial charge in [0.25, 0.3) is 5.91 Å². The quantitative estimate of drug-likeness (QED) is 0.880. The summed E-state index contributed by atoms with van der Waals surface area (Å²) in [6.07, 6.45) is 0.230. The van der Waals surface area contributed by atoms with E-state index in [0.717, 1.165) is 11.3 Å². The zero-order chi connectivity index (χ0) is 18.1. The number of fused-ring (bicyclic) bond motifs is 1. The normalized spacial score (nSPS) is 14.3. The summed E-state index contributed by atoms with van der Waals surface area (Å²) in [6.45, 7) is 6.42. The summed E-state index contributed by atoms with van der Waals surface area (Å²) in [6, 6.07) is 0. The van der Waals surface area contributed by atoms with E-state index in [-0.39, 0.29) is 25.2 Å². The minimum atomic E-state index is -0.563. The first-order valence-corrected chi connectivity index (χ1v) is 8.03. The Morgan fingerprint density at radius 1 is 1.38 bits per heavy atom. The third kappa shape index (κ3) is 3.87. The number of aliphatic hydroxyl groups is 1. The molecule has 0 saturated carbocycles. The fourth-order valence-electron chi connectivity index (χ4n) is 2.68. The van der Waals surface area contributed by atoms with Crippen LogP contribution in [0.2, 0.25) is 0 Å². The predicted molar refractivity (Wildman–Crippen MR) is 87.6 cm³/mol. The Hall–Kier alpha value is -2.09. The lowest BCUT2D eigenvalue weighted by Gasteiger charge is -2.30. The Morgan fingerprint density at radius 2 is 2.04 bits per heavy atom. The van der Waals surface area contributed by atoms with Crippen molar-refractivity contribution < 1.29 is 19.4 Å². The molecule has 8 heteroatoms. The Labute approximate surface area is 142 Å². The van der Waals surface area contributed by atoms with Gasteiger partial charge in [-0.25, -0.2) is 4.79 Å². The molecule has 24 heavy (non-hydrogen) atoms. The molecule has 0 aliphatic carbocycles. The van der Waals surface area contributed by atoms with Crippen molar-refractivity contribution in [3.63, 3.8) is 0 Å². The molecule has 0 atom stereocenters. The van der Waals surface area contributed by atoms with Crippen LogP contribution < -0.4 is 0 Å². The van der Waals surface area contributed by atoms with Gasteiger partial charge in [-0.05, 0) is 20.8 Å². The number of amides is 2. The van der Waals surface area contributed by atoms with Gasteiger partial charge in [0, 0.05) is 44.9 Å². The second-order valence-corrected chi connectivity index (χ2v) is 7.00. The van der Waals surface area contributed by atoms with E-state index in [4.69, 9.17) is 9.84 Å². The lowest BCUT2D eigenvalue weighted by molar-refractivity contribution is 0.0221. The van der Waals surface area contributed by atoms with Crippen molar-refractivity contribution in [2.24, 2.45) is 7.05 Å². The summed E-state index contributed by atoms with van der Waals surface area (Å²) in [5.41, 5.74) is 1.48. The van der Waals surface area contributed by atoms with Crippen LogP contribution in [-0.4, -0.2) is 69.0 Å². The zero-order valence-electron chi connectivity index (χ0n) is 15.0. The lowest BCUT2D eigenvalue weighted by atomic mass is 10.0. The third-order valence-electron chi connectivity index (χ3n) is 3.88. The van der Waals surface area contributed by atoms with E-state index in [1.165, 1.54) is 4.90 Å². The van der Waals surface area contributed by atoms with Crippen LogP contribution in [0.5, 0.6) is 0 Å². The number of carbonyl (C=O) groups excluding carboxylic acids is 2. The summed E-state index contributed by atoms with van der Waals surface area (Å²) in [4.78, 5) is 27.8. The average molecular weight is 338 g/mol. The number of aryl methyl sites for hydroxylation is 1. The number of nitrogens with zero attached hydrogens (tertiary/aromatic N) is 4. The molecule has 8 nitrogen and oxygen atoms in total. The van der Waals surface area contributed by atoms with Gasteiger partial charge < -0.3 is 19.6 Å². The lowest BCUT2D eigenvalue weighted by Crippen LogP contribution is -2.40. The van der Waals surface area contributed by atoms with Crippen molar-refractivity contribution in [1.82, 2.24) is 19.6 Å². The fourth-order valence-corrected chi connectivity index (χ4v) is 2.68. The van der Waals surface area contributed by atoms with Crippen LogP contribution in [0.4, 0.5) is 4.79 Å². The van der Waals surface area contributed by atoms with Gasteiger partial charge in [0.15, 0.2) is 5.69 Å². The van der Waals surface area contributed by atoms with Crippen LogP contribution in [0, 0.1) is 0 Å². The van der Waals surface area contributed by atoms with Crippen LogP contribution in [-0.2, 0) is 24.8 Å². The van der Waals surface area contributed by atoms with Crippen LogP contribution in [0.15, 0.2) is 0 Å². The van der Waals surface area contributed by atoms with Gasteiger partial charge in [0.2, 0.25) is 0 Å². The molecule has 1 aromatic rings. The predicted octanol–water partition coefficient (Wildman–Crippen LogP) is 0.778. The number of hydrogen-bond acceptors (Lipinski definition) is 5. The van der Waals surface area contributed by atoms with Gasteiger partial charge in [-0.1, -0.05) is 0 Å². The molecule has 0 unspecified atom stereocenters. The van der Waals surface area contributed by atoms with Crippen LogP contribution in [0.1, 0.15) is 42.5 Å². The second kappa shape index (κ2) is 6.80. The largest absolute Gasteiger partial charge is 0.444 e. The van der Waals surface area contributed by atoms with Crippen LogP contribution in [0.3, 0.4) is 0 Å². The maximum absolute atomic E-state index is 12.5. The Bertz CT molecular complexity index is 633. The van der Waals surface area contributed by atoms with Crippen molar-refractivity contribution in [1.29, 1.82) is 0 Å². The summed E-state index contributed by atoms with van der Waals surface area (Å²) in [7, 11) is 3.42. The van der Waals surface area contributed by atoms with Crippen molar-refractivity contribution in [3.05, 3.63) is 17.0 Å². The highest BCUT2D eigenvalue weighted by Crippen LogP contribution is 2.24. The van der Waals surface area contributed by atoms with Crippen LogP contribution in [0.25, 0.3) is 0 Å². The van der Waals surface area contributed by atoms with E-state index >= 15 is 0 Å². The summed E-state index contributed by atoms with van der Waals surface area (Å²) < 4.78 is 7.11. The molecule has 1 N–H and O–H groups in total. The summed E-state index contributed by atoms with van der Waals surface area (Å²) in [5, 5.41) is 13.3. The maximum atomic E-state index is 12.5. The molecule has 1 aromatic heterocycles. The molecule has 0 bridgehead atoms. The molecule has 0 aromatic carbocycles. The molecule has 0 spiro atoms. The number of aromatic nitrogens is 2. The smallest absolute Gasteiger partial charge is 0.410 e. The Kier molecular flexibility index (Phi) is 5.17. The van der Waals surface area contributed by atoms with E-state index in [0.29, 0.717) is 25.2 Å². The highest BCUT2D eigenvalue weighted by atomic mass is 16.6. The van der Waals surface area contributed by atoms with Gasteiger partial charge >= 0.3 is 6.09 Å². The number of hydrogen-bond donors (Lipinski definition) is 1. The molecule has 0 saturated heterocycles. The van der Waals surface area contributed by atoms with E-state index in [1.807, 2.05) is 20.8 Å². The minimum absolute atomic E-state index is 0.110. The van der Waals surface area contributed by atoms with Crippen molar-refractivity contribution in [2.45, 2.75) is 39.3 Å². The van der Waals surface area contributed by atoms with Crippen LogP contribution >= 0.6 is 0 Å². The molecule has 1 aliphatic heterocycles. The highest BCUT2D eigenvalue weighted by molar-refractivity contribution is 5.94. The van der Waals surface area contributed by atoms with Gasteiger partial charge in [-0.3, -0.25) is 9.48 Å². The zero-order valence-corrected chi connectivity index (χ0v) is 15.0. The first-order chi connectivity index (χ1) is 11.1. The fraction of sp³-hybridized carbons (Fsp3) is 0.688. The molecule has 2 amide bonds. The number of aliphatic hydroxyl groups excluding tert-OH is 1. The topological polar surface area (TPSA) is 87.9 Å². The average Bonchev–Trinajstić information content (AvgIpc) is 2.81. The SMILES string of the molecule is CN(CCO)C(=O)c1nn(C)c2c1CN(C(=O)OC(C)(C)C)CC2. The number of rotatable bonds is 3. The van der Waals surface area contributed by atoms with E-state index < -0.39 is 5.60 Å². The Balaban J connectivity index is 2.23. The molecular weight excluding hydrogens is 312 g/mol. The van der Waals surface area contributed by atoms with E-state index in [9.17, 15) is 9.59 Å². The second-order valence-electron chi connectivity index (χ2n) is 7.00. The van der Waals surface area contributed by atoms with E-state index in [2.05, 4.69) is 5.10 Å². The molecule has 0 radical (unpaired) electrons. The van der Waals surface area contributed by atoms with Crippen molar-refractivity contribution in [2.75, 3.05) is 26.7 Å². The number of ether oxygens (including phenoxy) is 1. The Morgan fingerprint density at radius 3 is 2.62 bits per heavy atom. The van der Waals surface area contributed by atoms with Crippen molar-refractivity contribution >= 4 is 12.0 Å². The maximum Gasteiger partial charge on any atom is 0.410 e. The van der Waals surface area contributed by atoms with Gasteiger partial charge in [0.05, 0.1) is 13.2 Å². The third-order valence-corrected chi connectivity index (χ3v) is 3.88. The summed E-state index contributed by atoms with van der Waals surface area (Å²) in [5.74, 6) is -0.257. The van der Waals surface area contributed by atoms with Gasteiger partial charge in [-0.2, -0.15) is 5.10 Å². The first kappa shape index (κ1) is 18.3. The molecule has 2 heterocycles. The standard InChI is InChI=1S/C16H26N4O4/c1-16(2,3)24-15(23)20-7-6-12-11(10-20)13(17-19(12)5)14(22)18(4)8-9-21/h21H,6-10H2,1-5H3. The van der Waals surface area contributed by atoms with Gasteiger partial charge in [-0.15, -0.1) is 0 Å². The number of carbonyl (C=O) groups is 2. The first-order valence-electron chi connectivity index (χ1n) is 8.03. The van der Waals surface area contributed by atoms with Crippen molar-refractivity contribution in [3.8, 4) is 0 Å². The molecule has 0 fully saturated rings. The summed E-state index contributed by atoms with van der Waals surface area (Å²) >= 11 is 0. The monoisotopic (exact) mass is 338 g/mol. The van der Waals surface area contributed by atoms with Gasteiger partial charge in [0.1, 0.15) is 5.60 Å². The minimum Gasteiger partial charge on any atom is -0.444 e.